The van der Waals surface area contributed by atoms with E-state index in [0.29, 0.717) is 11.1 Å². The molecule has 1 aromatic carbocycles. The summed E-state index contributed by atoms with van der Waals surface area (Å²) in [7, 11) is 1.70. The highest BCUT2D eigenvalue weighted by Gasteiger charge is 2.06. The van der Waals surface area contributed by atoms with Crippen LogP contribution in [0.15, 0.2) is 18.2 Å². The van der Waals surface area contributed by atoms with E-state index < -0.39 is 5.95 Å². The van der Waals surface area contributed by atoms with Gasteiger partial charge in [0.25, 0.3) is 0 Å². The van der Waals surface area contributed by atoms with E-state index in [4.69, 9.17) is 5.73 Å². The van der Waals surface area contributed by atoms with Crippen LogP contribution in [-0.2, 0) is 7.05 Å². The number of rotatable bonds is 0. The first kappa shape index (κ1) is 7.09. The molecule has 12 heavy (non-hydrogen) atoms. The van der Waals surface area contributed by atoms with E-state index in [-0.39, 0.29) is 0 Å². The third kappa shape index (κ3) is 0.845. The lowest BCUT2D eigenvalue weighted by Gasteiger charge is -1.93. The first-order chi connectivity index (χ1) is 5.68. The highest BCUT2D eigenvalue weighted by Crippen LogP contribution is 2.18. The summed E-state index contributed by atoms with van der Waals surface area (Å²) in [6.45, 7) is 0. The van der Waals surface area contributed by atoms with Crippen molar-refractivity contribution >= 4 is 16.6 Å². The number of hydrogen-bond donors (Lipinski definition) is 1. The maximum atomic E-state index is 13.0. The molecule has 0 bridgehead atoms. The Bertz CT molecular complexity index is 433. The van der Waals surface area contributed by atoms with E-state index in [1.54, 1.807) is 25.2 Å². The largest absolute Gasteiger partial charge is 0.399 e. The lowest BCUT2D eigenvalue weighted by atomic mass is 10.2. The Morgan fingerprint density at radius 3 is 3.00 bits per heavy atom. The van der Waals surface area contributed by atoms with Gasteiger partial charge in [-0.15, -0.1) is 5.10 Å². The van der Waals surface area contributed by atoms with Crippen LogP contribution in [0.5, 0.6) is 0 Å². The lowest BCUT2D eigenvalue weighted by Crippen LogP contribution is -1.89. The summed E-state index contributed by atoms with van der Waals surface area (Å²) < 4.78 is 14.5. The van der Waals surface area contributed by atoms with Crippen LogP contribution in [0.25, 0.3) is 10.9 Å². The molecule has 0 radical (unpaired) electrons. The van der Waals surface area contributed by atoms with E-state index >= 15 is 0 Å². The van der Waals surface area contributed by atoms with Crippen molar-refractivity contribution in [1.29, 1.82) is 0 Å². The molecule has 0 amide bonds. The molecule has 0 saturated carbocycles. The Kier molecular flexibility index (Phi) is 1.30. The van der Waals surface area contributed by atoms with Gasteiger partial charge >= 0.3 is 0 Å². The SMILES string of the molecule is Cn1nc(F)c2cc(N)ccc21. The van der Waals surface area contributed by atoms with E-state index in [9.17, 15) is 4.39 Å². The number of aryl methyl sites for hydroxylation is 1. The minimum absolute atomic E-state index is 0.470. The number of fused-ring (bicyclic) bond motifs is 1. The number of benzene rings is 1. The minimum Gasteiger partial charge on any atom is -0.399 e. The van der Waals surface area contributed by atoms with Gasteiger partial charge in [0, 0.05) is 12.7 Å². The molecule has 2 aromatic rings. The van der Waals surface area contributed by atoms with Gasteiger partial charge in [-0.05, 0) is 18.2 Å². The Labute approximate surface area is 68.6 Å². The molecular formula is C8H8FN3. The van der Waals surface area contributed by atoms with Gasteiger partial charge in [-0.3, -0.25) is 4.68 Å². The molecule has 0 atom stereocenters. The summed E-state index contributed by atoms with van der Waals surface area (Å²) in [5, 5.41) is 4.10. The first-order valence-corrected chi connectivity index (χ1v) is 3.56. The van der Waals surface area contributed by atoms with Gasteiger partial charge in [-0.1, -0.05) is 0 Å². The van der Waals surface area contributed by atoms with Gasteiger partial charge in [0.1, 0.15) is 0 Å². The van der Waals surface area contributed by atoms with E-state index in [1.165, 1.54) is 4.68 Å². The maximum Gasteiger partial charge on any atom is 0.240 e. The molecule has 3 nitrogen and oxygen atoms in total. The Balaban J connectivity index is 2.90. The van der Waals surface area contributed by atoms with Crippen molar-refractivity contribution in [2.45, 2.75) is 0 Å². The normalized spacial score (nSPS) is 10.8. The van der Waals surface area contributed by atoms with Gasteiger partial charge in [0.2, 0.25) is 5.95 Å². The Hall–Kier alpha value is -1.58. The summed E-state index contributed by atoms with van der Waals surface area (Å²) in [5.74, 6) is -0.472. The molecule has 62 valence electrons. The van der Waals surface area contributed by atoms with Crippen molar-refractivity contribution in [3.63, 3.8) is 0 Å². The fourth-order valence-electron chi connectivity index (χ4n) is 1.24. The predicted molar refractivity (Wildman–Crippen MR) is 45.1 cm³/mol. The van der Waals surface area contributed by atoms with Gasteiger partial charge in [-0.25, -0.2) is 0 Å². The zero-order chi connectivity index (χ0) is 8.72. The standard InChI is InChI=1S/C8H8FN3/c1-12-7-3-2-5(10)4-6(7)8(9)11-12/h2-4H,10H2,1H3. The van der Waals surface area contributed by atoms with Crippen LogP contribution in [0.2, 0.25) is 0 Å². The number of halogens is 1. The third-order valence-corrected chi connectivity index (χ3v) is 1.83. The average Bonchev–Trinajstić information content (AvgIpc) is 2.28. The quantitative estimate of drug-likeness (QED) is 0.598. The Morgan fingerprint density at radius 2 is 2.25 bits per heavy atom. The van der Waals surface area contributed by atoms with Crippen molar-refractivity contribution in [3.8, 4) is 0 Å². The monoisotopic (exact) mass is 165 g/mol. The van der Waals surface area contributed by atoms with E-state index in [2.05, 4.69) is 5.10 Å². The molecule has 0 aliphatic heterocycles. The molecule has 4 heteroatoms. The average molecular weight is 165 g/mol. The number of aromatic nitrogens is 2. The number of anilines is 1. The van der Waals surface area contributed by atoms with Crippen molar-refractivity contribution in [1.82, 2.24) is 9.78 Å². The second-order valence-electron chi connectivity index (χ2n) is 2.69. The summed E-state index contributed by atoms with van der Waals surface area (Å²) in [6.07, 6.45) is 0. The molecule has 2 rings (SSSR count). The van der Waals surface area contributed by atoms with Gasteiger partial charge in [-0.2, -0.15) is 4.39 Å². The van der Waals surface area contributed by atoms with Crippen LogP contribution in [-0.4, -0.2) is 9.78 Å². The fourth-order valence-corrected chi connectivity index (χ4v) is 1.24. The van der Waals surface area contributed by atoms with Crippen molar-refractivity contribution in [3.05, 3.63) is 24.1 Å². The van der Waals surface area contributed by atoms with Crippen molar-refractivity contribution in [2.24, 2.45) is 7.05 Å². The number of nitrogen functional groups attached to an aromatic ring is 1. The van der Waals surface area contributed by atoms with E-state index in [0.717, 1.165) is 5.52 Å². The zero-order valence-corrected chi connectivity index (χ0v) is 6.58. The second-order valence-corrected chi connectivity index (χ2v) is 2.69. The molecular weight excluding hydrogens is 157 g/mol. The van der Waals surface area contributed by atoms with Gasteiger partial charge in [0.05, 0.1) is 10.9 Å². The highest BCUT2D eigenvalue weighted by atomic mass is 19.1. The van der Waals surface area contributed by atoms with Gasteiger partial charge in [0.15, 0.2) is 0 Å². The van der Waals surface area contributed by atoms with Crippen LogP contribution in [0.3, 0.4) is 0 Å². The van der Waals surface area contributed by atoms with Crippen LogP contribution < -0.4 is 5.73 Å². The summed E-state index contributed by atoms with van der Waals surface area (Å²) >= 11 is 0. The number of nitrogens with zero attached hydrogens (tertiary/aromatic N) is 2. The summed E-state index contributed by atoms with van der Waals surface area (Å²) in [4.78, 5) is 0. The Morgan fingerprint density at radius 1 is 1.50 bits per heavy atom. The summed E-state index contributed by atoms with van der Waals surface area (Å²) in [6, 6.07) is 5.06. The number of hydrogen-bond acceptors (Lipinski definition) is 2. The molecule has 1 heterocycles. The molecule has 0 fully saturated rings. The van der Waals surface area contributed by atoms with Crippen LogP contribution in [0.1, 0.15) is 0 Å². The smallest absolute Gasteiger partial charge is 0.240 e. The molecule has 0 unspecified atom stereocenters. The van der Waals surface area contributed by atoms with Crippen LogP contribution in [0.4, 0.5) is 10.1 Å². The molecule has 0 aliphatic carbocycles. The molecule has 0 saturated heterocycles. The first-order valence-electron chi connectivity index (χ1n) is 3.56. The van der Waals surface area contributed by atoms with E-state index in [1.807, 2.05) is 0 Å². The molecule has 0 aliphatic rings. The highest BCUT2D eigenvalue weighted by molar-refractivity contribution is 5.82. The molecule has 2 N–H and O–H groups in total. The molecule has 0 spiro atoms. The van der Waals surface area contributed by atoms with Crippen LogP contribution in [0, 0.1) is 5.95 Å². The topological polar surface area (TPSA) is 43.8 Å². The summed E-state index contributed by atoms with van der Waals surface area (Å²) in [5.41, 5.74) is 6.80. The predicted octanol–water partition coefficient (Wildman–Crippen LogP) is 1.29. The minimum atomic E-state index is -0.472. The lowest BCUT2D eigenvalue weighted by molar-refractivity contribution is 0.562. The van der Waals surface area contributed by atoms with Crippen LogP contribution >= 0.6 is 0 Å². The maximum absolute atomic E-state index is 13.0. The van der Waals surface area contributed by atoms with Crippen molar-refractivity contribution < 1.29 is 4.39 Å². The number of nitrogens with two attached hydrogens (primary N) is 1. The van der Waals surface area contributed by atoms with Gasteiger partial charge < -0.3 is 5.73 Å². The molecule has 1 aromatic heterocycles. The second kappa shape index (κ2) is 2.20. The third-order valence-electron chi connectivity index (χ3n) is 1.83. The van der Waals surface area contributed by atoms with Crippen molar-refractivity contribution in [2.75, 3.05) is 5.73 Å². The fraction of sp³-hybridized carbons (Fsp3) is 0.125. The zero-order valence-electron chi connectivity index (χ0n) is 6.58.